The highest BCUT2D eigenvalue weighted by Crippen LogP contribution is 2.42. The van der Waals surface area contributed by atoms with Gasteiger partial charge in [-0.25, -0.2) is 8.42 Å². The molecule has 22 heavy (non-hydrogen) atoms. The van der Waals surface area contributed by atoms with Crippen LogP contribution in [0.2, 0.25) is 5.02 Å². The molecule has 118 valence electrons. The van der Waals surface area contributed by atoms with E-state index >= 15 is 0 Å². The molecule has 2 aliphatic heterocycles. The van der Waals surface area contributed by atoms with E-state index in [1.807, 2.05) is 17.9 Å². The molecule has 3 rings (SSSR count). The first-order valence-corrected chi connectivity index (χ1v) is 9.86. The molecule has 2 heterocycles. The van der Waals surface area contributed by atoms with Gasteiger partial charge in [-0.2, -0.15) is 4.99 Å². The smallest absolute Gasteiger partial charge is 0.244 e. The number of anilines is 1. The molecule has 5 nitrogen and oxygen atoms in total. The number of halogens is 1. The minimum atomic E-state index is -3.06. The summed E-state index contributed by atoms with van der Waals surface area (Å²) in [6.45, 7) is 3.32. The summed E-state index contributed by atoms with van der Waals surface area (Å²) in [4.78, 5) is 17.3. The number of fused-ring (bicyclic) bond motifs is 1. The van der Waals surface area contributed by atoms with E-state index in [0.29, 0.717) is 10.2 Å². The molecule has 1 amide bonds. The Bertz CT molecular complexity index is 776. The van der Waals surface area contributed by atoms with Crippen LogP contribution in [0.25, 0.3) is 0 Å². The van der Waals surface area contributed by atoms with E-state index in [1.54, 1.807) is 12.1 Å². The van der Waals surface area contributed by atoms with E-state index in [1.165, 1.54) is 18.7 Å². The highest BCUT2D eigenvalue weighted by Gasteiger charge is 2.49. The third-order valence-electron chi connectivity index (χ3n) is 3.75. The van der Waals surface area contributed by atoms with Crippen LogP contribution in [0.5, 0.6) is 0 Å². The number of carbonyl (C=O) groups excluding carboxylic acids is 1. The number of sulfone groups is 1. The molecule has 2 saturated heterocycles. The Hall–Kier alpha value is -1.05. The van der Waals surface area contributed by atoms with Crippen LogP contribution in [0.3, 0.4) is 0 Å². The lowest BCUT2D eigenvalue weighted by Crippen LogP contribution is -2.38. The summed E-state index contributed by atoms with van der Waals surface area (Å²) in [5.74, 6) is -0.0989. The Kier molecular flexibility index (Phi) is 3.99. The number of carbonyl (C=O) groups is 1. The van der Waals surface area contributed by atoms with Gasteiger partial charge in [0.05, 0.1) is 17.5 Å². The summed E-state index contributed by atoms with van der Waals surface area (Å²) >= 11 is 7.45. The fourth-order valence-electron chi connectivity index (χ4n) is 2.82. The summed E-state index contributed by atoms with van der Waals surface area (Å²) in [6.07, 6.45) is 0. The van der Waals surface area contributed by atoms with Crippen molar-refractivity contribution in [3.63, 3.8) is 0 Å². The SMILES string of the molecule is CC(=O)N=C1S[C@@H]2CS(=O)(=O)C[C@H]2N1c1cc(Cl)ccc1C. The van der Waals surface area contributed by atoms with Crippen molar-refractivity contribution in [2.75, 3.05) is 16.4 Å². The van der Waals surface area contributed by atoms with Crippen LogP contribution in [0, 0.1) is 6.92 Å². The summed E-state index contributed by atoms with van der Waals surface area (Å²) in [7, 11) is -3.06. The van der Waals surface area contributed by atoms with Crippen molar-refractivity contribution in [2.24, 2.45) is 4.99 Å². The van der Waals surface area contributed by atoms with E-state index in [4.69, 9.17) is 11.6 Å². The average Bonchev–Trinajstić information content (AvgIpc) is 2.83. The lowest BCUT2D eigenvalue weighted by atomic mass is 10.1. The van der Waals surface area contributed by atoms with Gasteiger partial charge < -0.3 is 4.90 Å². The number of amides is 1. The topological polar surface area (TPSA) is 66.8 Å². The van der Waals surface area contributed by atoms with Gasteiger partial charge in [0.1, 0.15) is 0 Å². The number of hydrogen-bond donors (Lipinski definition) is 0. The van der Waals surface area contributed by atoms with Gasteiger partial charge in [0, 0.05) is 22.9 Å². The standard InChI is InChI=1S/C14H15ClN2O3S2/c1-8-3-4-10(15)5-11(8)17-12-6-22(19,20)7-13(12)21-14(17)16-9(2)18/h3-5,12-13H,6-7H2,1-2H3/t12-,13-/m1/s1. The van der Waals surface area contributed by atoms with Crippen LogP contribution in [0.1, 0.15) is 12.5 Å². The van der Waals surface area contributed by atoms with Gasteiger partial charge in [-0.1, -0.05) is 29.4 Å². The zero-order valence-electron chi connectivity index (χ0n) is 12.1. The molecule has 1 aromatic rings. The highest BCUT2D eigenvalue weighted by molar-refractivity contribution is 8.16. The molecule has 0 saturated carbocycles. The van der Waals surface area contributed by atoms with Crippen molar-refractivity contribution in [2.45, 2.75) is 25.1 Å². The van der Waals surface area contributed by atoms with Gasteiger partial charge in [-0.15, -0.1) is 0 Å². The molecule has 0 aliphatic carbocycles. The Labute approximate surface area is 138 Å². The molecule has 0 spiro atoms. The minimum Gasteiger partial charge on any atom is -0.315 e. The van der Waals surface area contributed by atoms with Crippen molar-refractivity contribution < 1.29 is 13.2 Å². The Morgan fingerprint density at radius 1 is 1.41 bits per heavy atom. The number of amidine groups is 1. The predicted octanol–water partition coefficient (Wildman–Crippen LogP) is 2.27. The molecular formula is C14H15ClN2O3S2. The number of thioether (sulfide) groups is 1. The first-order valence-electron chi connectivity index (χ1n) is 6.78. The second-order valence-electron chi connectivity index (χ2n) is 5.51. The predicted molar refractivity (Wildman–Crippen MR) is 90.6 cm³/mol. The van der Waals surface area contributed by atoms with E-state index in [-0.39, 0.29) is 28.7 Å². The van der Waals surface area contributed by atoms with Crippen molar-refractivity contribution in [1.29, 1.82) is 0 Å². The van der Waals surface area contributed by atoms with E-state index < -0.39 is 9.84 Å². The average molecular weight is 359 g/mol. The maximum absolute atomic E-state index is 11.9. The van der Waals surface area contributed by atoms with Gasteiger partial charge in [-0.05, 0) is 24.6 Å². The molecule has 0 aromatic heterocycles. The molecular weight excluding hydrogens is 344 g/mol. The molecule has 2 atom stereocenters. The number of rotatable bonds is 1. The van der Waals surface area contributed by atoms with Crippen LogP contribution >= 0.6 is 23.4 Å². The van der Waals surface area contributed by atoms with Crippen LogP contribution < -0.4 is 4.90 Å². The maximum atomic E-state index is 11.9. The molecule has 0 radical (unpaired) electrons. The van der Waals surface area contributed by atoms with Crippen LogP contribution in [-0.4, -0.2) is 42.3 Å². The highest BCUT2D eigenvalue weighted by atomic mass is 35.5. The quantitative estimate of drug-likeness (QED) is 0.770. The molecule has 0 unspecified atom stereocenters. The zero-order chi connectivity index (χ0) is 16.1. The third kappa shape index (κ3) is 2.89. The van der Waals surface area contributed by atoms with Gasteiger partial charge >= 0.3 is 0 Å². The normalized spacial score (nSPS) is 28.1. The summed E-state index contributed by atoms with van der Waals surface area (Å²) in [6, 6.07) is 5.25. The Morgan fingerprint density at radius 2 is 2.14 bits per heavy atom. The lowest BCUT2D eigenvalue weighted by Gasteiger charge is -2.26. The Morgan fingerprint density at radius 3 is 2.82 bits per heavy atom. The Balaban J connectivity index is 2.10. The molecule has 0 N–H and O–H groups in total. The van der Waals surface area contributed by atoms with Gasteiger partial charge in [0.25, 0.3) is 0 Å². The number of hydrogen-bond acceptors (Lipinski definition) is 4. The van der Waals surface area contributed by atoms with Crippen molar-refractivity contribution in [3.8, 4) is 0 Å². The number of benzene rings is 1. The largest absolute Gasteiger partial charge is 0.315 e. The minimum absolute atomic E-state index is 0.0769. The molecule has 0 bridgehead atoms. The van der Waals surface area contributed by atoms with Crippen molar-refractivity contribution in [3.05, 3.63) is 28.8 Å². The molecule has 8 heteroatoms. The van der Waals surface area contributed by atoms with Gasteiger partial charge in [-0.3, -0.25) is 4.79 Å². The molecule has 2 fully saturated rings. The van der Waals surface area contributed by atoms with Crippen LogP contribution in [-0.2, 0) is 14.6 Å². The van der Waals surface area contributed by atoms with Crippen molar-refractivity contribution >= 4 is 50.0 Å². The summed E-state index contributed by atoms with van der Waals surface area (Å²) in [5, 5.41) is 1.03. The van der Waals surface area contributed by atoms with E-state index in [2.05, 4.69) is 4.99 Å². The summed E-state index contributed by atoms with van der Waals surface area (Å²) < 4.78 is 23.9. The van der Waals surface area contributed by atoms with Gasteiger partial charge in [0.15, 0.2) is 15.0 Å². The zero-order valence-corrected chi connectivity index (χ0v) is 14.5. The summed E-state index contributed by atoms with van der Waals surface area (Å²) in [5.41, 5.74) is 1.77. The number of aliphatic imine (C=N–C) groups is 1. The second kappa shape index (κ2) is 5.54. The maximum Gasteiger partial charge on any atom is 0.244 e. The third-order valence-corrected chi connectivity index (χ3v) is 7.20. The fraction of sp³-hybridized carbons (Fsp3) is 0.429. The molecule has 1 aromatic carbocycles. The number of aryl methyl sites for hydroxylation is 1. The second-order valence-corrected chi connectivity index (χ2v) is 9.31. The molecule has 2 aliphatic rings. The van der Waals surface area contributed by atoms with E-state index in [9.17, 15) is 13.2 Å². The number of nitrogens with zero attached hydrogens (tertiary/aromatic N) is 2. The van der Waals surface area contributed by atoms with E-state index in [0.717, 1.165) is 11.3 Å². The van der Waals surface area contributed by atoms with Crippen LogP contribution in [0.4, 0.5) is 5.69 Å². The first-order chi connectivity index (χ1) is 10.3. The van der Waals surface area contributed by atoms with Gasteiger partial charge in [0.2, 0.25) is 5.91 Å². The lowest BCUT2D eigenvalue weighted by molar-refractivity contribution is -0.115. The van der Waals surface area contributed by atoms with Crippen LogP contribution in [0.15, 0.2) is 23.2 Å². The monoisotopic (exact) mass is 358 g/mol. The van der Waals surface area contributed by atoms with Crippen molar-refractivity contribution in [1.82, 2.24) is 0 Å². The first kappa shape index (κ1) is 15.8. The fourth-order valence-corrected chi connectivity index (χ4v) is 6.94.